The molecule has 0 fully saturated rings. The van der Waals surface area contributed by atoms with Gasteiger partial charge in [-0.05, 0) is 25.5 Å². The standard InChI is InChI=1S/C12H14N2S.C2H6/c1-9-14-12(8-15-9)11-4-2-10(3-5-11)6-7-13;1-2/h2-5,8H,6-7,13H2,1H3;1-2H3. The van der Waals surface area contributed by atoms with Crippen LogP contribution in [0.2, 0.25) is 0 Å². The summed E-state index contributed by atoms with van der Waals surface area (Å²) in [6, 6.07) is 8.46. The average molecular weight is 248 g/mol. The third kappa shape index (κ3) is 3.95. The molecule has 1 aromatic heterocycles. The summed E-state index contributed by atoms with van der Waals surface area (Å²) >= 11 is 1.68. The van der Waals surface area contributed by atoms with Crippen LogP contribution in [0.15, 0.2) is 29.6 Å². The number of hydrogen-bond donors (Lipinski definition) is 1. The van der Waals surface area contributed by atoms with E-state index in [0.29, 0.717) is 6.54 Å². The van der Waals surface area contributed by atoms with Crippen molar-refractivity contribution in [2.75, 3.05) is 6.54 Å². The van der Waals surface area contributed by atoms with Crippen LogP contribution in [0.3, 0.4) is 0 Å². The van der Waals surface area contributed by atoms with Crippen molar-refractivity contribution in [3.63, 3.8) is 0 Å². The first-order valence-corrected chi connectivity index (χ1v) is 6.89. The Hall–Kier alpha value is -1.19. The predicted octanol–water partition coefficient (Wildman–Crippen LogP) is 3.65. The molecule has 0 saturated heterocycles. The van der Waals surface area contributed by atoms with E-state index in [4.69, 9.17) is 5.73 Å². The van der Waals surface area contributed by atoms with Gasteiger partial charge in [-0.15, -0.1) is 11.3 Å². The zero-order chi connectivity index (χ0) is 12.7. The SMILES string of the molecule is CC.Cc1nc(-c2ccc(CCN)cc2)cs1. The largest absolute Gasteiger partial charge is 0.330 e. The zero-order valence-corrected chi connectivity index (χ0v) is 11.6. The van der Waals surface area contributed by atoms with E-state index in [-0.39, 0.29) is 0 Å². The van der Waals surface area contributed by atoms with Crippen LogP contribution in [0.4, 0.5) is 0 Å². The number of aromatic nitrogens is 1. The van der Waals surface area contributed by atoms with Crippen molar-refractivity contribution in [3.05, 3.63) is 40.2 Å². The van der Waals surface area contributed by atoms with Gasteiger partial charge in [-0.25, -0.2) is 4.98 Å². The normalized spacial score (nSPS) is 9.65. The highest BCUT2D eigenvalue weighted by Gasteiger charge is 2.01. The number of rotatable bonds is 3. The fourth-order valence-electron chi connectivity index (χ4n) is 1.50. The van der Waals surface area contributed by atoms with Crippen molar-refractivity contribution in [2.24, 2.45) is 5.73 Å². The minimum atomic E-state index is 0.704. The molecule has 1 aromatic carbocycles. The number of thiazole rings is 1. The van der Waals surface area contributed by atoms with Crippen molar-refractivity contribution in [2.45, 2.75) is 27.2 Å². The van der Waals surface area contributed by atoms with Gasteiger partial charge in [0, 0.05) is 10.9 Å². The Balaban J connectivity index is 0.000000686. The highest BCUT2D eigenvalue weighted by atomic mass is 32.1. The molecule has 0 unspecified atom stereocenters. The summed E-state index contributed by atoms with van der Waals surface area (Å²) in [5.41, 5.74) is 9.03. The summed E-state index contributed by atoms with van der Waals surface area (Å²) in [5.74, 6) is 0. The van der Waals surface area contributed by atoms with Crippen molar-refractivity contribution < 1.29 is 0 Å². The first kappa shape index (κ1) is 13.9. The smallest absolute Gasteiger partial charge is 0.0901 e. The number of aryl methyl sites for hydroxylation is 1. The van der Waals surface area contributed by atoms with Gasteiger partial charge < -0.3 is 5.73 Å². The molecule has 17 heavy (non-hydrogen) atoms. The highest BCUT2D eigenvalue weighted by molar-refractivity contribution is 7.09. The van der Waals surface area contributed by atoms with Gasteiger partial charge >= 0.3 is 0 Å². The fraction of sp³-hybridized carbons (Fsp3) is 0.357. The topological polar surface area (TPSA) is 38.9 Å². The van der Waals surface area contributed by atoms with E-state index in [1.807, 2.05) is 20.8 Å². The number of nitrogens with zero attached hydrogens (tertiary/aromatic N) is 1. The Morgan fingerprint density at radius 2 is 1.82 bits per heavy atom. The van der Waals surface area contributed by atoms with Crippen LogP contribution in [0.25, 0.3) is 11.3 Å². The summed E-state index contributed by atoms with van der Waals surface area (Å²) in [7, 11) is 0. The molecule has 0 radical (unpaired) electrons. The maximum Gasteiger partial charge on any atom is 0.0901 e. The van der Waals surface area contributed by atoms with Crippen LogP contribution < -0.4 is 5.73 Å². The van der Waals surface area contributed by atoms with E-state index >= 15 is 0 Å². The molecule has 0 spiro atoms. The van der Waals surface area contributed by atoms with Crippen LogP contribution in [0.1, 0.15) is 24.4 Å². The molecule has 0 amide bonds. The van der Waals surface area contributed by atoms with Gasteiger partial charge in [0.2, 0.25) is 0 Å². The predicted molar refractivity (Wildman–Crippen MR) is 76.4 cm³/mol. The lowest BCUT2D eigenvalue weighted by atomic mass is 10.1. The Kier molecular flexibility index (Phi) is 5.87. The quantitative estimate of drug-likeness (QED) is 0.900. The molecule has 3 heteroatoms. The van der Waals surface area contributed by atoms with Crippen molar-refractivity contribution in [1.82, 2.24) is 4.98 Å². The van der Waals surface area contributed by atoms with Gasteiger partial charge in [0.15, 0.2) is 0 Å². The molecule has 0 bridgehead atoms. The van der Waals surface area contributed by atoms with Crippen LogP contribution >= 0.6 is 11.3 Å². The molecule has 2 rings (SSSR count). The monoisotopic (exact) mass is 248 g/mol. The Morgan fingerprint density at radius 1 is 1.18 bits per heavy atom. The summed E-state index contributed by atoms with van der Waals surface area (Å²) < 4.78 is 0. The van der Waals surface area contributed by atoms with Gasteiger partial charge in [0.05, 0.1) is 10.7 Å². The minimum Gasteiger partial charge on any atom is -0.330 e. The summed E-state index contributed by atoms with van der Waals surface area (Å²) in [5, 5.41) is 3.20. The number of benzene rings is 1. The lowest BCUT2D eigenvalue weighted by Crippen LogP contribution is -2.02. The minimum absolute atomic E-state index is 0.704. The Bertz CT molecular complexity index is 432. The third-order valence-electron chi connectivity index (χ3n) is 2.30. The maximum atomic E-state index is 5.50. The second-order valence-electron chi connectivity index (χ2n) is 3.49. The van der Waals surface area contributed by atoms with Crippen LogP contribution in [-0.2, 0) is 6.42 Å². The van der Waals surface area contributed by atoms with E-state index in [9.17, 15) is 0 Å². The molecule has 0 saturated carbocycles. The molecular formula is C14H20N2S. The van der Waals surface area contributed by atoms with E-state index < -0.39 is 0 Å². The Labute approximate surface area is 108 Å². The molecule has 1 heterocycles. The van der Waals surface area contributed by atoms with E-state index in [2.05, 4.69) is 34.6 Å². The van der Waals surface area contributed by atoms with Gasteiger partial charge in [-0.3, -0.25) is 0 Å². The molecule has 2 N–H and O–H groups in total. The summed E-state index contributed by atoms with van der Waals surface area (Å²) in [6.07, 6.45) is 0.941. The molecule has 0 aliphatic heterocycles. The van der Waals surface area contributed by atoms with E-state index in [1.165, 1.54) is 11.1 Å². The van der Waals surface area contributed by atoms with Gasteiger partial charge in [-0.2, -0.15) is 0 Å². The molecule has 2 nitrogen and oxygen atoms in total. The second-order valence-corrected chi connectivity index (χ2v) is 4.55. The highest BCUT2D eigenvalue weighted by Crippen LogP contribution is 2.21. The van der Waals surface area contributed by atoms with Gasteiger partial charge in [-0.1, -0.05) is 38.1 Å². The summed E-state index contributed by atoms with van der Waals surface area (Å²) in [6.45, 7) is 6.73. The van der Waals surface area contributed by atoms with Crippen LogP contribution in [0.5, 0.6) is 0 Å². The van der Waals surface area contributed by atoms with Crippen molar-refractivity contribution in [3.8, 4) is 11.3 Å². The number of hydrogen-bond acceptors (Lipinski definition) is 3. The lowest BCUT2D eigenvalue weighted by Gasteiger charge is -2.00. The summed E-state index contributed by atoms with van der Waals surface area (Å²) in [4.78, 5) is 4.45. The lowest BCUT2D eigenvalue weighted by molar-refractivity contribution is 0.969. The first-order chi connectivity index (χ1) is 8.29. The Morgan fingerprint density at radius 3 is 2.29 bits per heavy atom. The van der Waals surface area contributed by atoms with Crippen LogP contribution in [-0.4, -0.2) is 11.5 Å². The number of nitrogens with two attached hydrogens (primary N) is 1. The first-order valence-electron chi connectivity index (χ1n) is 6.01. The molecule has 0 atom stereocenters. The molecular weight excluding hydrogens is 228 g/mol. The molecule has 2 aromatic rings. The molecule has 0 aliphatic carbocycles. The van der Waals surface area contributed by atoms with Crippen LogP contribution in [0, 0.1) is 6.92 Å². The van der Waals surface area contributed by atoms with Gasteiger partial charge in [0.1, 0.15) is 0 Å². The van der Waals surface area contributed by atoms with Crippen molar-refractivity contribution in [1.29, 1.82) is 0 Å². The van der Waals surface area contributed by atoms with Crippen molar-refractivity contribution >= 4 is 11.3 Å². The molecule has 0 aliphatic rings. The fourth-order valence-corrected chi connectivity index (χ4v) is 2.13. The third-order valence-corrected chi connectivity index (χ3v) is 3.08. The molecule has 92 valence electrons. The maximum absolute atomic E-state index is 5.50. The van der Waals surface area contributed by atoms with E-state index in [0.717, 1.165) is 17.1 Å². The zero-order valence-electron chi connectivity index (χ0n) is 10.7. The second kappa shape index (κ2) is 7.20. The van der Waals surface area contributed by atoms with Gasteiger partial charge in [0.25, 0.3) is 0 Å². The average Bonchev–Trinajstić information content (AvgIpc) is 2.80. The van der Waals surface area contributed by atoms with E-state index in [1.54, 1.807) is 11.3 Å².